The highest BCUT2D eigenvalue weighted by atomic mass is 16.5. The highest BCUT2D eigenvalue weighted by molar-refractivity contribution is 6.14. The molecule has 1 aliphatic rings. The van der Waals surface area contributed by atoms with Crippen LogP contribution in [0.1, 0.15) is 37.3 Å². The van der Waals surface area contributed by atoms with E-state index in [-0.39, 0.29) is 11.7 Å². The number of benzene rings is 1. The molecule has 1 aliphatic carbocycles. The Morgan fingerprint density at radius 1 is 1.07 bits per heavy atom. The van der Waals surface area contributed by atoms with E-state index in [1.54, 1.807) is 34.4 Å². The van der Waals surface area contributed by atoms with Crippen LogP contribution in [0.25, 0.3) is 44.5 Å². The van der Waals surface area contributed by atoms with Gasteiger partial charge in [-0.25, -0.2) is 14.8 Å². The van der Waals surface area contributed by atoms with Crippen molar-refractivity contribution in [1.29, 1.82) is 0 Å². The fourth-order valence-corrected chi connectivity index (χ4v) is 6.35. The topological polar surface area (TPSA) is 106 Å². The number of aryl methyl sites for hydroxylation is 2. The normalized spacial score (nSPS) is 13.7. The fraction of sp³-hybridized carbons (Fsp3) is 0.242. The largest absolute Gasteiger partial charge is 0.437 e. The van der Waals surface area contributed by atoms with Gasteiger partial charge in [-0.1, -0.05) is 18.9 Å². The number of rotatable bonds is 7. The lowest BCUT2D eigenvalue weighted by Gasteiger charge is -2.17. The third-order valence-electron chi connectivity index (χ3n) is 8.49. The number of ether oxygens (including phenoxy) is 1. The van der Waals surface area contributed by atoms with Crippen LogP contribution in [0, 0.1) is 6.92 Å². The first-order valence-corrected chi connectivity index (χ1v) is 14.4. The number of hydrogen-bond donors (Lipinski definition) is 1. The molecule has 0 atom stereocenters. The molecule has 0 unspecified atom stereocenters. The highest BCUT2D eigenvalue weighted by Crippen LogP contribution is 2.43. The summed E-state index contributed by atoms with van der Waals surface area (Å²) < 4.78 is 9.63. The summed E-state index contributed by atoms with van der Waals surface area (Å²) in [7, 11) is 3.71. The van der Waals surface area contributed by atoms with Crippen LogP contribution in [-0.2, 0) is 7.05 Å². The van der Waals surface area contributed by atoms with Gasteiger partial charge in [-0.2, -0.15) is 5.10 Å². The third kappa shape index (κ3) is 4.46. The Bertz CT molecular complexity index is 2030. The number of hydrogen-bond acceptors (Lipinski definition) is 7. The van der Waals surface area contributed by atoms with Crippen molar-refractivity contribution in [1.82, 2.24) is 29.1 Å². The van der Waals surface area contributed by atoms with Gasteiger partial charge in [0.05, 0.1) is 40.2 Å². The van der Waals surface area contributed by atoms with Gasteiger partial charge in [0.2, 0.25) is 5.88 Å². The second kappa shape index (κ2) is 10.5. The number of nitrogens with zero attached hydrogens (tertiary/aromatic N) is 7. The molecule has 43 heavy (non-hydrogen) atoms. The summed E-state index contributed by atoms with van der Waals surface area (Å²) in [4.78, 5) is 30.8. The molecule has 1 saturated carbocycles. The van der Waals surface area contributed by atoms with E-state index in [1.165, 1.54) is 0 Å². The predicted octanol–water partition coefficient (Wildman–Crippen LogP) is 6.61. The minimum atomic E-state index is -0.00585. The van der Waals surface area contributed by atoms with Crippen LogP contribution >= 0.6 is 0 Å². The quantitative estimate of drug-likeness (QED) is 0.170. The molecule has 1 N–H and O–H groups in total. The van der Waals surface area contributed by atoms with Crippen molar-refractivity contribution in [2.24, 2.45) is 12.1 Å². The van der Waals surface area contributed by atoms with E-state index in [9.17, 15) is 4.79 Å². The summed E-state index contributed by atoms with van der Waals surface area (Å²) in [6.07, 6.45) is 11.2. The van der Waals surface area contributed by atoms with Crippen LogP contribution in [0.4, 0.5) is 5.69 Å². The number of pyridine rings is 3. The van der Waals surface area contributed by atoms with Crippen LogP contribution in [0.15, 0.2) is 77.1 Å². The summed E-state index contributed by atoms with van der Waals surface area (Å²) in [6.45, 7) is 5.74. The minimum Gasteiger partial charge on any atom is -0.437 e. The van der Waals surface area contributed by atoms with E-state index in [1.807, 2.05) is 49.0 Å². The standard InChI is InChI=1S/C33H32N8O2/c1-20-16-21(11-13-25(20)40(4)34-2)28-29-31-26(39(3)33(42)41(31)23-8-5-6-9-23)19-37-32(29)38-30(28)22-12-14-27(36-17-22)43-24-10-7-15-35-18-24/h7,10-19,23H,2,5-6,8-9H2,1,3-4H3,(H,37,38). The van der Waals surface area contributed by atoms with Gasteiger partial charge in [-0.3, -0.25) is 19.1 Å². The molecule has 0 saturated heterocycles. The molecule has 6 aromatic rings. The molecule has 5 heterocycles. The molecule has 1 fully saturated rings. The summed E-state index contributed by atoms with van der Waals surface area (Å²) in [5.41, 5.74) is 8.17. The molecule has 7 rings (SSSR count). The summed E-state index contributed by atoms with van der Waals surface area (Å²) in [5, 5.41) is 6.76. The lowest BCUT2D eigenvalue weighted by molar-refractivity contribution is 0.461. The number of aromatic nitrogens is 6. The zero-order chi connectivity index (χ0) is 29.7. The number of H-pyrrole nitrogens is 1. The van der Waals surface area contributed by atoms with Crippen LogP contribution in [0.5, 0.6) is 11.6 Å². The average molecular weight is 573 g/mol. The fourth-order valence-electron chi connectivity index (χ4n) is 6.35. The maximum absolute atomic E-state index is 13.7. The molecule has 0 aliphatic heterocycles. The SMILES string of the molecule is C=NN(C)c1ccc(-c2c(-c3ccc(Oc4cccnc4)nc3)[nH]c3ncc4c(c23)n(C2CCCC2)c(=O)n4C)cc1C. The van der Waals surface area contributed by atoms with E-state index >= 15 is 0 Å². The number of imidazole rings is 1. The Hall–Kier alpha value is -5.25. The molecular formula is C33H32N8O2. The summed E-state index contributed by atoms with van der Waals surface area (Å²) in [5.74, 6) is 1.08. The smallest absolute Gasteiger partial charge is 0.329 e. The molecular weight excluding hydrogens is 540 g/mol. The Morgan fingerprint density at radius 2 is 1.88 bits per heavy atom. The average Bonchev–Trinajstić information content (AvgIpc) is 3.75. The molecule has 0 radical (unpaired) electrons. The van der Waals surface area contributed by atoms with Crippen LogP contribution in [0.2, 0.25) is 0 Å². The van der Waals surface area contributed by atoms with Gasteiger partial charge >= 0.3 is 5.69 Å². The Labute approximate surface area is 248 Å². The van der Waals surface area contributed by atoms with Gasteiger partial charge in [0.25, 0.3) is 0 Å². The van der Waals surface area contributed by atoms with Gasteiger partial charge < -0.3 is 9.72 Å². The monoisotopic (exact) mass is 572 g/mol. The number of aromatic amines is 1. The second-order valence-electron chi connectivity index (χ2n) is 11.1. The molecule has 5 aromatic heterocycles. The van der Waals surface area contributed by atoms with Crippen molar-refractivity contribution in [3.8, 4) is 34.0 Å². The van der Waals surface area contributed by atoms with Crippen molar-refractivity contribution >= 4 is 34.5 Å². The molecule has 10 heteroatoms. The van der Waals surface area contributed by atoms with E-state index in [2.05, 4.69) is 45.8 Å². The first kappa shape index (κ1) is 26.6. The van der Waals surface area contributed by atoms with Gasteiger partial charge in [0.15, 0.2) is 0 Å². The van der Waals surface area contributed by atoms with Crippen LogP contribution in [-0.4, -0.2) is 42.8 Å². The summed E-state index contributed by atoms with van der Waals surface area (Å²) >= 11 is 0. The zero-order valence-corrected chi connectivity index (χ0v) is 24.4. The van der Waals surface area contributed by atoms with Gasteiger partial charge in [0, 0.05) is 56.4 Å². The van der Waals surface area contributed by atoms with E-state index in [0.717, 1.165) is 81.4 Å². The third-order valence-corrected chi connectivity index (χ3v) is 8.49. The van der Waals surface area contributed by atoms with Gasteiger partial charge in [-0.05, 0) is 61.2 Å². The van der Waals surface area contributed by atoms with Crippen molar-refractivity contribution in [2.45, 2.75) is 38.6 Å². The second-order valence-corrected chi connectivity index (χ2v) is 11.1. The van der Waals surface area contributed by atoms with Crippen molar-refractivity contribution in [3.05, 3.63) is 83.3 Å². The molecule has 216 valence electrons. The first-order valence-electron chi connectivity index (χ1n) is 14.4. The zero-order valence-electron chi connectivity index (χ0n) is 24.4. The lowest BCUT2D eigenvalue weighted by atomic mass is 9.97. The molecule has 0 bridgehead atoms. The van der Waals surface area contributed by atoms with Gasteiger partial charge in [0.1, 0.15) is 11.4 Å². The first-order chi connectivity index (χ1) is 20.9. The molecule has 10 nitrogen and oxygen atoms in total. The van der Waals surface area contributed by atoms with Crippen molar-refractivity contribution in [3.63, 3.8) is 0 Å². The van der Waals surface area contributed by atoms with Gasteiger partial charge in [-0.15, -0.1) is 0 Å². The number of hydrazone groups is 1. The molecule has 0 spiro atoms. The maximum Gasteiger partial charge on any atom is 0.329 e. The Kier molecular flexibility index (Phi) is 6.53. The Balaban J connectivity index is 1.47. The highest BCUT2D eigenvalue weighted by Gasteiger charge is 2.28. The number of nitrogens with one attached hydrogen (secondary N) is 1. The van der Waals surface area contributed by atoms with E-state index in [4.69, 9.17) is 9.72 Å². The van der Waals surface area contributed by atoms with Crippen LogP contribution < -0.4 is 15.4 Å². The van der Waals surface area contributed by atoms with E-state index in [0.29, 0.717) is 11.6 Å². The Morgan fingerprint density at radius 3 is 2.58 bits per heavy atom. The number of anilines is 1. The number of fused-ring (bicyclic) bond motifs is 3. The lowest BCUT2D eigenvalue weighted by Crippen LogP contribution is -2.24. The summed E-state index contributed by atoms with van der Waals surface area (Å²) in [6, 6.07) is 13.9. The maximum atomic E-state index is 13.7. The predicted molar refractivity (Wildman–Crippen MR) is 170 cm³/mol. The van der Waals surface area contributed by atoms with E-state index < -0.39 is 0 Å². The van der Waals surface area contributed by atoms with Crippen molar-refractivity contribution < 1.29 is 4.74 Å². The molecule has 0 amide bonds. The minimum absolute atomic E-state index is 0.00585. The van der Waals surface area contributed by atoms with Crippen molar-refractivity contribution in [2.75, 3.05) is 12.1 Å². The molecule has 1 aromatic carbocycles. The van der Waals surface area contributed by atoms with Crippen LogP contribution in [0.3, 0.4) is 0 Å².